The molecule has 0 radical (unpaired) electrons. The summed E-state index contributed by atoms with van der Waals surface area (Å²) in [7, 11) is 0. The highest BCUT2D eigenvalue weighted by Gasteiger charge is 2.55. The highest BCUT2D eigenvalue weighted by Crippen LogP contribution is 2.44. The van der Waals surface area contributed by atoms with E-state index in [-0.39, 0.29) is 37.1 Å². The van der Waals surface area contributed by atoms with Gasteiger partial charge in [-0.05, 0) is 60.9 Å². The van der Waals surface area contributed by atoms with Crippen molar-refractivity contribution in [1.82, 2.24) is 14.8 Å². The van der Waals surface area contributed by atoms with Gasteiger partial charge >= 0.3 is 0 Å². The van der Waals surface area contributed by atoms with Crippen LogP contribution >= 0.6 is 0 Å². The lowest BCUT2D eigenvalue weighted by Gasteiger charge is -2.33. The predicted molar refractivity (Wildman–Crippen MR) is 115 cm³/mol. The number of aryl methyl sites for hydroxylation is 1. The van der Waals surface area contributed by atoms with Crippen LogP contribution in [0.4, 0.5) is 0 Å². The summed E-state index contributed by atoms with van der Waals surface area (Å²) in [4.78, 5) is 47.6. The molecule has 3 heterocycles. The molecular weight excluding hydrogens is 390 g/mol. The van der Waals surface area contributed by atoms with Gasteiger partial charge in [-0.2, -0.15) is 0 Å². The van der Waals surface area contributed by atoms with Crippen LogP contribution in [-0.2, 0) is 26.3 Å². The number of pyridine rings is 1. The Morgan fingerprint density at radius 3 is 2.58 bits per heavy atom. The molecule has 2 saturated heterocycles. The summed E-state index contributed by atoms with van der Waals surface area (Å²) >= 11 is 0. The van der Waals surface area contributed by atoms with E-state index in [9.17, 15) is 14.4 Å². The highest BCUT2D eigenvalue weighted by atomic mass is 16.2. The second-order valence-electron chi connectivity index (χ2n) is 9.27. The van der Waals surface area contributed by atoms with Gasteiger partial charge in [0.2, 0.25) is 17.7 Å². The highest BCUT2D eigenvalue weighted by molar-refractivity contribution is 6.10. The van der Waals surface area contributed by atoms with Crippen LogP contribution in [0.15, 0.2) is 48.8 Å². The lowest BCUT2D eigenvalue weighted by atomic mass is 9.73. The second kappa shape index (κ2) is 7.59. The number of likely N-dealkylation sites (tertiary alicyclic amines) is 2. The van der Waals surface area contributed by atoms with Gasteiger partial charge in [0.05, 0.1) is 12.0 Å². The van der Waals surface area contributed by atoms with Crippen LogP contribution in [0, 0.1) is 12.8 Å². The van der Waals surface area contributed by atoms with Gasteiger partial charge in [0, 0.05) is 37.8 Å². The Kier molecular flexibility index (Phi) is 4.88. The number of hydrogen-bond donors (Lipinski definition) is 0. The van der Waals surface area contributed by atoms with E-state index in [1.807, 2.05) is 36.1 Å². The number of fused-ring (bicyclic) bond motifs is 2. The van der Waals surface area contributed by atoms with Crippen LogP contribution in [0.5, 0.6) is 0 Å². The molecule has 160 valence electrons. The van der Waals surface area contributed by atoms with Gasteiger partial charge in [-0.25, -0.2) is 0 Å². The maximum Gasteiger partial charge on any atom is 0.241 e. The molecule has 6 heteroatoms. The molecule has 1 aliphatic carbocycles. The summed E-state index contributed by atoms with van der Waals surface area (Å²) in [5.74, 6) is 0.108. The fraction of sp³-hybridized carbons (Fsp3) is 0.440. The van der Waals surface area contributed by atoms with Crippen molar-refractivity contribution in [2.24, 2.45) is 5.92 Å². The maximum absolute atomic E-state index is 13.8. The van der Waals surface area contributed by atoms with Crippen molar-refractivity contribution in [1.29, 1.82) is 0 Å². The molecule has 3 amide bonds. The molecule has 5 rings (SSSR count). The first kappa shape index (κ1) is 19.9. The second-order valence-corrected chi connectivity index (χ2v) is 9.27. The Balaban J connectivity index is 1.49. The number of carbonyl (C=O) groups is 3. The van der Waals surface area contributed by atoms with Crippen molar-refractivity contribution < 1.29 is 14.4 Å². The Bertz CT molecular complexity index is 1040. The summed E-state index contributed by atoms with van der Waals surface area (Å²) in [5, 5.41) is 0. The van der Waals surface area contributed by atoms with E-state index in [1.54, 1.807) is 24.5 Å². The molecule has 31 heavy (non-hydrogen) atoms. The quantitative estimate of drug-likeness (QED) is 0.702. The van der Waals surface area contributed by atoms with Gasteiger partial charge in [-0.1, -0.05) is 24.3 Å². The largest absolute Gasteiger partial charge is 0.339 e. The van der Waals surface area contributed by atoms with Crippen LogP contribution in [0.25, 0.3) is 0 Å². The Labute approximate surface area is 182 Å². The molecule has 3 fully saturated rings. The summed E-state index contributed by atoms with van der Waals surface area (Å²) in [6, 6.07) is 11.6. The molecule has 2 bridgehead atoms. The number of aromatic nitrogens is 1. The number of benzene rings is 1. The minimum atomic E-state index is -1.13. The van der Waals surface area contributed by atoms with E-state index in [4.69, 9.17) is 0 Å². The topological polar surface area (TPSA) is 70.6 Å². The molecule has 0 N–H and O–H groups in total. The van der Waals surface area contributed by atoms with Gasteiger partial charge in [0.25, 0.3) is 0 Å². The average Bonchev–Trinajstić information content (AvgIpc) is 3.46. The van der Waals surface area contributed by atoms with Gasteiger partial charge in [0.15, 0.2) is 0 Å². The number of amides is 3. The smallest absolute Gasteiger partial charge is 0.241 e. The van der Waals surface area contributed by atoms with E-state index < -0.39 is 5.41 Å². The van der Waals surface area contributed by atoms with E-state index in [1.165, 1.54) is 11.3 Å². The van der Waals surface area contributed by atoms with E-state index in [2.05, 4.69) is 4.98 Å². The molecule has 0 spiro atoms. The number of hydrogen-bond acceptors (Lipinski definition) is 4. The molecule has 3 atom stereocenters. The molecule has 2 aromatic rings. The summed E-state index contributed by atoms with van der Waals surface area (Å²) < 4.78 is 0. The van der Waals surface area contributed by atoms with Crippen molar-refractivity contribution in [3.63, 3.8) is 0 Å². The van der Waals surface area contributed by atoms with Crippen molar-refractivity contribution in [3.8, 4) is 0 Å². The van der Waals surface area contributed by atoms with Crippen molar-refractivity contribution in [2.45, 2.75) is 57.0 Å². The standard InChI is InChI=1S/C25H27N3O3/c1-17-4-2-3-5-21(17)25(13-22(29)27-16-19-6-7-20(27)12-19)14-23(30)28(24(25)31)15-18-8-10-26-11-9-18/h2-5,8-11,19-20H,6-7,12-16H2,1H3/t19-,20-,25-/m1/s1. The first-order valence-corrected chi connectivity index (χ1v) is 11.1. The van der Waals surface area contributed by atoms with Crippen LogP contribution in [0.2, 0.25) is 0 Å². The zero-order valence-corrected chi connectivity index (χ0v) is 17.8. The zero-order valence-electron chi connectivity index (χ0n) is 17.8. The van der Waals surface area contributed by atoms with Crippen molar-refractivity contribution >= 4 is 17.7 Å². The third-order valence-electron chi connectivity index (χ3n) is 7.34. The fourth-order valence-corrected chi connectivity index (χ4v) is 5.78. The molecule has 1 aromatic heterocycles. The van der Waals surface area contributed by atoms with Crippen LogP contribution in [0.1, 0.15) is 48.8 Å². The normalized spacial score (nSPS) is 27.4. The Morgan fingerprint density at radius 2 is 1.90 bits per heavy atom. The molecule has 1 aromatic carbocycles. The Hall–Kier alpha value is -3.02. The SMILES string of the molecule is Cc1ccccc1[C@@]1(CC(=O)N2C[C@@H]3CC[C@@H]2C3)CC(=O)N(Cc2ccncc2)C1=O. The molecule has 6 nitrogen and oxygen atoms in total. The van der Waals surface area contributed by atoms with Crippen LogP contribution in [0.3, 0.4) is 0 Å². The lowest BCUT2D eigenvalue weighted by molar-refractivity contribution is -0.143. The number of piperidine rings is 1. The van der Waals surface area contributed by atoms with Gasteiger partial charge < -0.3 is 4.90 Å². The fourth-order valence-electron chi connectivity index (χ4n) is 5.78. The van der Waals surface area contributed by atoms with Crippen LogP contribution < -0.4 is 0 Å². The molecule has 1 saturated carbocycles. The third kappa shape index (κ3) is 3.34. The minimum absolute atomic E-state index is 0.00219. The van der Waals surface area contributed by atoms with E-state index in [0.29, 0.717) is 12.0 Å². The van der Waals surface area contributed by atoms with Crippen LogP contribution in [-0.4, -0.2) is 45.1 Å². The molecule has 0 unspecified atom stereocenters. The maximum atomic E-state index is 13.8. The van der Waals surface area contributed by atoms with Gasteiger partial charge in [0.1, 0.15) is 0 Å². The van der Waals surface area contributed by atoms with Gasteiger partial charge in [-0.3, -0.25) is 24.3 Å². The number of nitrogens with zero attached hydrogens (tertiary/aromatic N) is 3. The number of rotatable bonds is 5. The summed E-state index contributed by atoms with van der Waals surface area (Å²) in [6.07, 6.45) is 6.71. The molecule has 2 aliphatic heterocycles. The molecular formula is C25H27N3O3. The van der Waals surface area contributed by atoms with Gasteiger partial charge in [-0.15, -0.1) is 0 Å². The van der Waals surface area contributed by atoms with E-state index in [0.717, 1.165) is 36.1 Å². The minimum Gasteiger partial charge on any atom is -0.339 e. The number of imide groups is 1. The van der Waals surface area contributed by atoms with E-state index >= 15 is 0 Å². The summed E-state index contributed by atoms with van der Waals surface area (Å²) in [6.45, 7) is 2.94. The Morgan fingerprint density at radius 1 is 1.13 bits per heavy atom. The monoisotopic (exact) mass is 417 g/mol. The summed E-state index contributed by atoms with van der Waals surface area (Å²) in [5.41, 5.74) is 1.45. The van der Waals surface area contributed by atoms with Crippen molar-refractivity contribution in [2.75, 3.05) is 6.54 Å². The third-order valence-corrected chi connectivity index (χ3v) is 7.34. The first-order chi connectivity index (χ1) is 15.0. The predicted octanol–water partition coefficient (Wildman–Crippen LogP) is 2.99. The first-order valence-electron chi connectivity index (χ1n) is 11.1. The lowest BCUT2D eigenvalue weighted by Crippen LogP contribution is -2.45. The zero-order chi connectivity index (χ0) is 21.6. The number of carbonyl (C=O) groups excluding carboxylic acids is 3. The molecule has 3 aliphatic rings. The average molecular weight is 418 g/mol. The van der Waals surface area contributed by atoms with Crippen molar-refractivity contribution in [3.05, 3.63) is 65.5 Å².